The predicted molar refractivity (Wildman–Crippen MR) is 177 cm³/mol. The average molecular weight is 556 g/mol. The van der Waals surface area contributed by atoms with Gasteiger partial charge in [0.1, 0.15) is 0 Å². The lowest BCUT2D eigenvalue weighted by molar-refractivity contribution is 0.00578. The van der Waals surface area contributed by atoms with Gasteiger partial charge in [-0.25, -0.2) is 0 Å². The van der Waals surface area contributed by atoms with Gasteiger partial charge < -0.3 is 13.9 Å². The summed E-state index contributed by atoms with van der Waals surface area (Å²) in [5.41, 5.74) is 9.77. The summed E-state index contributed by atoms with van der Waals surface area (Å²) in [6, 6.07) is 31.5. The van der Waals surface area contributed by atoms with Crippen molar-refractivity contribution in [2.45, 2.75) is 90.3 Å². The second-order valence-electron chi connectivity index (χ2n) is 14.8. The van der Waals surface area contributed by atoms with Gasteiger partial charge in [-0.1, -0.05) is 88.4 Å². The van der Waals surface area contributed by atoms with Gasteiger partial charge >= 0.3 is 7.12 Å². The van der Waals surface area contributed by atoms with E-state index in [2.05, 4.69) is 145 Å². The van der Waals surface area contributed by atoms with Crippen molar-refractivity contribution >= 4 is 34.4 Å². The minimum atomic E-state index is -0.386. The van der Waals surface area contributed by atoms with Gasteiger partial charge in [0.05, 0.1) is 22.2 Å². The zero-order valence-corrected chi connectivity index (χ0v) is 26.3. The SMILES string of the molecule is CC1(C)CCC(C)(C)c2cc(-c3cccc(-n4c5ccccc5c5cc(B6OC(C)(C)C(C)(C)O6)ccc54)c3)ccc21. The molecule has 0 spiro atoms. The summed E-state index contributed by atoms with van der Waals surface area (Å²) >= 11 is 0. The Labute approximate surface area is 251 Å². The molecule has 5 aromatic rings. The number of hydrogen-bond donors (Lipinski definition) is 0. The Morgan fingerprint density at radius 1 is 0.571 bits per heavy atom. The molecule has 0 bridgehead atoms. The summed E-state index contributed by atoms with van der Waals surface area (Å²) in [5.74, 6) is 0. The van der Waals surface area contributed by atoms with Crippen LogP contribution < -0.4 is 5.46 Å². The number of fused-ring (bicyclic) bond motifs is 4. The predicted octanol–water partition coefficient (Wildman–Crippen LogP) is 9.10. The molecular weight excluding hydrogens is 513 g/mol. The molecule has 2 heterocycles. The third-order valence-corrected chi connectivity index (χ3v) is 10.5. The fourth-order valence-corrected chi connectivity index (χ4v) is 6.99. The summed E-state index contributed by atoms with van der Waals surface area (Å²) in [6.45, 7) is 18.0. The molecule has 0 N–H and O–H groups in total. The highest BCUT2D eigenvalue weighted by Gasteiger charge is 2.51. The van der Waals surface area contributed by atoms with E-state index in [0.717, 1.165) is 5.46 Å². The van der Waals surface area contributed by atoms with Gasteiger partial charge in [-0.2, -0.15) is 0 Å². The Hall–Kier alpha value is -3.34. The van der Waals surface area contributed by atoms with E-state index in [0.29, 0.717) is 0 Å². The smallest absolute Gasteiger partial charge is 0.399 e. The molecular formula is C38H42BNO2. The van der Waals surface area contributed by atoms with Gasteiger partial charge in [0.25, 0.3) is 0 Å². The third-order valence-electron chi connectivity index (χ3n) is 10.5. The van der Waals surface area contributed by atoms with Gasteiger partial charge in [0.2, 0.25) is 0 Å². The molecule has 7 rings (SSSR count). The first-order valence-corrected chi connectivity index (χ1v) is 15.4. The molecule has 1 aliphatic heterocycles. The Bertz CT molecular complexity index is 1840. The summed E-state index contributed by atoms with van der Waals surface area (Å²) < 4.78 is 15.2. The molecule has 0 saturated carbocycles. The molecule has 1 aromatic heterocycles. The van der Waals surface area contributed by atoms with Gasteiger partial charge in [-0.3, -0.25) is 0 Å². The maximum Gasteiger partial charge on any atom is 0.494 e. The molecule has 1 fully saturated rings. The summed E-state index contributed by atoms with van der Waals surface area (Å²) in [4.78, 5) is 0. The summed E-state index contributed by atoms with van der Waals surface area (Å²) in [7, 11) is -0.386. The van der Waals surface area contributed by atoms with Crippen molar-refractivity contribution in [3.05, 3.63) is 96.1 Å². The van der Waals surface area contributed by atoms with Gasteiger partial charge in [-0.15, -0.1) is 0 Å². The molecule has 2 aliphatic rings. The van der Waals surface area contributed by atoms with Crippen molar-refractivity contribution in [1.82, 2.24) is 4.57 Å². The fourth-order valence-electron chi connectivity index (χ4n) is 6.99. The highest BCUT2D eigenvalue weighted by molar-refractivity contribution is 6.62. The van der Waals surface area contributed by atoms with Crippen LogP contribution >= 0.6 is 0 Å². The van der Waals surface area contributed by atoms with E-state index in [1.54, 1.807) is 0 Å². The fraction of sp³-hybridized carbons (Fsp3) is 0.368. The van der Waals surface area contributed by atoms with Gasteiger partial charge in [0.15, 0.2) is 0 Å². The second kappa shape index (κ2) is 9.08. The first kappa shape index (κ1) is 27.5. The quantitative estimate of drug-likeness (QED) is 0.207. The minimum absolute atomic E-state index is 0.181. The maximum atomic E-state index is 6.41. The van der Waals surface area contributed by atoms with E-state index >= 15 is 0 Å². The number of para-hydroxylation sites is 1. The lowest BCUT2D eigenvalue weighted by Crippen LogP contribution is -2.41. The first-order chi connectivity index (χ1) is 19.8. The normalized spacial score (nSPS) is 20.2. The number of hydrogen-bond acceptors (Lipinski definition) is 2. The lowest BCUT2D eigenvalue weighted by atomic mass is 9.63. The van der Waals surface area contributed by atoms with E-state index < -0.39 is 0 Å². The largest absolute Gasteiger partial charge is 0.494 e. The number of benzene rings is 4. The Morgan fingerprint density at radius 2 is 1.21 bits per heavy atom. The monoisotopic (exact) mass is 555 g/mol. The van der Waals surface area contributed by atoms with Crippen molar-refractivity contribution in [3.8, 4) is 16.8 Å². The number of rotatable bonds is 3. The molecule has 0 amide bonds. The van der Waals surface area contributed by atoms with Crippen LogP contribution in [0.2, 0.25) is 0 Å². The van der Waals surface area contributed by atoms with Gasteiger partial charge in [-0.05, 0) is 103 Å². The van der Waals surface area contributed by atoms with Crippen LogP contribution in [0.15, 0.2) is 84.9 Å². The highest BCUT2D eigenvalue weighted by atomic mass is 16.7. The molecule has 42 heavy (non-hydrogen) atoms. The van der Waals surface area contributed by atoms with Crippen LogP contribution in [0, 0.1) is 0 Å². The number of aromatic nitrogens is 1. The Morgan fingerprint density at radius 3 is 1.95 bits per heavy atom. The Balaban J connectivity index is 1.34. The van der Waals surface area contributed by atoms with Crippen molar-refractivity contribution in [2.75, 3.05) is 0 Å². The van der Waals surface area contributed by atoms with Crippen molar-refractivity contribution < 1.29 is 9.31 Å². The zero-order chi connectivity index (χ0) is 29.7. The van der Waals surface area contributed by atoms with Crippen LogP contribution in [0.3, 0.4) is 0 Å². The third kappa shape index (κ3) is 4.18. The van der Waals surface area contributed by atoms with Crippen molar-refractivity contribution in [2.24, 2.45) is 0 Å². The van der Waals surface area contributed by atoms with E-state index in [1.165, 1.54) is 62.6 Å². The molecule has 4 heteroatoms. The highest BCUT2D eigenvalue weighted by Crippen LogP contribution is 2.47. The zero-order valence-electron chi connectivity index (χ0n) is 26.3. The van der Waals surface area contributed by atoms with Gasteiger partial charge in [0, 0.05) is 16.5 Å². The van der Waals surface area contributed by atoms with E-state index in [-0.39, 0.29) is 29.2 Å². The first-order valence-electron chi connectivity index (χ1n) is 15.4. The molecule has 214 valence electrons. The second-order valence-corrected chi connectivity index (χ2v) is 14.8. The van der Waals surface area contributed by atoms with E-state index in [1.807, 2.05) is 0 Å². The Kier molecular flexibility index (Phi) is 5.95. The average Bonchev–Trinajstić information content (AvgIpc) is 3.40. The van der Waals surface area contributed by atoms with Crippen LogP contribution in [-0.2, 0) is 20.1 Å². The number of nitrogens with zero attached hydrogens (tertiary/aromatic N) is 1. The van der Waals surface area contributed by atoms with Crippen molar-refractivity contribution in [3.63, 3.8) is 0 Å². The minimum Gasteiger partial charge on any atom is -0.399 e. The summed E-state index contributed by atoms with van der Waals surface area (Å²) in [6.07, 6.45) is 2.44. The topological polar surface area (TPSA) is 23.4 Å². The molecule has 0 radical (unpaired) electrons. The molecule has 4 aromatic carbocycles. The van der Waals surface area contributed by atoms with Crippen LogP contribution in [0.5, 0.6) is 0 Å². The van der Waals surface area contributed by atoms with Crippen LogP contribution in [0.25, 0.3) is 38.6 Å². The molecule has 1 aliphatic carbocycles. The molecule has 0 atom stereocenters. The van der Waals surface area contributed by atoms with E-state index in [4.69, 9.17) is 9.31 Å². The van der Waals surface area contributed by atoms with Crippen LogP contribution in [0.4, 0.5) is 0 Å². The van der Waals surface area contributed by atoms with Crippen LogP contribution in [-0.4, -0.2) is 22.9 Å². The van der Waals surface area contributed by atoms with Crippen molar-refractivity contribution in [1.29, 1.82) is 0 Å². The molecule has 1 saturated heterocycles. The summed E-state index contributed by atoms with van der Waals surface area (Å²) in [5, 5.41) is 2.44. The molecule has 3 nitrogen and oxygen atoms in total. The lowest BCUT2D eigenvalue weighted by Gasteiger charge is -2.42. The standard InChI is InChI=1S/C38H42BNO2/c1-35(2)20-21-36(3,4)32-23-26(16-18-31(32)35)25-12-11-13-28(22-25)40-33-15-10-9-14-29(33)30-24-27(17-19-34(30)40)39-41-37(5,6)38(7,8)42-39/h9-19,22-24H,20-21H2,1-8H3. The maximum absolute atomic E-state index is 6.41. The van der Waals surface area contributed by atoms with Crippen LogP contribution in [0.1, 0.15) is 79.4 Å². The molecule has 0 unspecified atom stereocenters. The van der Waals surface area contributed by atoms with E-state index in [9.17, 15) is 0 Å².